The Labute approximate surface area is 86.9 Å². The summed E-state index contributed by atoms with van der Waals surface area (Å²) in [4.78, 5) is 3.62. The largest absolute Gasteiger partial charge is 0.421 e. The fraction of sp³-hybridized carbons (Fsp3) is 0.375. The molecular formula is C8H7BrF3NO. The third-order valence-electron chi connectivity index (χ3n) is 1.84. The normalized spacial score (nSPS) is 16.4. The lowest BCUT2D eigenvalue weighted by atomic mass is 9.97. The number of pyridine rings is 1. The molecule has 0 aliphatic carbocycles. The number of aromatic nitrogens is 1. The second kappa shape index (κ2) is 3.51. The van der Waals surface area contributed by atoms with Gasteiger partial charge in [-0.15, -0.1) is 0 Å². The zero-order valence-corrected chi connectivity index (χ0v) is 8.72. The maximum Gasteiger partial charge on any atom is 0.421 e. The Morgan fingerprint density at radius 3 is 2.29 bits per heavy atom. The Bertz CT molecular complexity index is 320. The van der Waals surface area contributed by atoms with Crippen LogP contribution >= 0.6 is 15.9 Å². The molecule has 1 heterocycles. The topological polar surface area (TPSA) is 33.1 Å². The highest BCUT2D eigenvalue weighted by atomic mass is 79.9. The summed E-state index contributed by atoms with van der Waals surface area (Å²) in [6.07, 6.45) is -3.72. The lowest BCUT2D eigenvalue weighted by Crippen LogP contribution is -2.39. The van der Waals surface area contributed by atoms with Crippen LogP contribution in [0.1, 0.15) is 12.5 Å². The fourth-order valence-electron chi connectivity index (χ4n) is 0.827. The van der Waals surface area contributed by atoms with Crippen molar-refractivity contribution in [2.24, 2.45) is 0 Å². The van der Waals surface area contributed by atoms with Crippen molar-refractivity contribution in [2.75, 3.05) is 0 Å². The monoisotopic (exact) mass is 269 g/mol. The van der Waals surface area contributed by atoms with Crippen molar-refractivity contribution < 1.29 is 18.3 Å². The van der Waals surface area contributed by atoms with Crippen molar-refractivity contribution in [3.8, 4) is 0 Å². The number of hydrogen-bond donors (Lipinski definition) is 1. The number of rotatable bonds is 1. The van der Waals surface area contributed by atoms with E-state index in [1.165, 1.54) is 12.1 Å². The average Bonchev–Trinajstić information content (AvgIpc) is 2.03. The first-order chi connectivity index (χ1) is 6.25. The fourth-order valence-corrected chi connectivity index (χ4v) is 1.06. The summed E-state index contributed by atoms with van der Waals surface area (Å²) in [5, 5.41) is 9.23. The number of alkyl halides is 3. The van der Waals surface area contributed by atoms with E-state index >= 15 is 0 Å². The van der Waals surface area contributed by atoms with Crippen LogP contribution in [0.4, 0.5) is 13.2 Å². The molecule has 78 valence electrons. The van der Waals surface area contributed by atoms with E-state index in [1.54, 1.807) is 0 Å². The van der Waals surface area contributed by atoms with Crippen molar-refractivity contribution in [1.82, 2.24) is 4.98 Å². The Morgan fingerprint density at radius 1 is 1.36 bits per heavy atom. The number of halogens is 4. The molecule has 1 aromatic heterocycles. The molecule has 1 atom stereocenters. The van der Waals surface area contributed by atoms with E-state index < -0.39 is 11.8 Å². The highest BCUT2D eigenvalue weighted by Gasteiger charge is 2.51. The third kappa shape index (κ3) is 2.06. The van der Waals surface area contributed by atoms with Crippen LogP contribution in [0, 0.1) is 0 Å². The van der Waals surface area contributed by atoms with Crippen molar-refractivity contribution in [3.63, 3.8) is 0 Å². The molecule has 0 spiro atoms. The molecule has 6 heteroatoms. The molecule has 1 rings (SSSR count). The molecule has 0 fully saturated rings. The van der Waals surface area contributed by atoms with Gasteiger partial charge < -0.3 is 5.11 Å². The van der Waals surface area contributed by atoms with Gasteiger partial charge in [0.1, 0.15) is 4.60 Å². The van der Waals surface area contributed by atoms with Crippen LogP contribution in [-0.4, -0.2) is 16.3 Å². The molecule has 0 bridgehead atoms. The van der Waals surface area contributed by atoms with Gasteiger partial charge in [-0.05, 0) is 28.9 Å². The van der Waals surface area contributed by atoms with Crippen LogP contribution in [0.15, 0.2) is 22.9 Å². The van der Waals surface area contributed by atoms with Gasteiger partial charge >= 0.3 is 6.18 Å². The first-order valence-electron chi connectivity index (χ1n) is 3.66. The Balaban J connectivity index is 3.10. The summed E-state index contributed by atoms with van der Waals surface area (Å²) in [6.45, 7) is 0.692. The molecule has 1 N–H and O–H groups in total. The molecule has 14 heavy (non-hydrogen) atoms. The predicted molar refractivity (Wildman–Crippen MR) is 47.6 cm³/mol. The average molecular weight is 270 g/mol. The molecule has 0 aliphatic heterocycles. The number of hydrogen-bond acceptors (Lipinski definition) is 2. The molecule has 0 aromatic carbocycles. The molecule has 1 aromatic rings. The predicted octanol–water partition coefficient (Wildman–Crippen LogP) is 2.61. The molecule has 0 saturated carbocycles. The van der Waals surface area contributed by atoms with Crippen molar-refractivity contribution in [1.29, 1.82) is 0 Å². The standard InChI is InChI=1S/C8H7BrF3NO/c1-7(14,8(10,11)12)5-2-3-6(9)13-4-5/h2-4,14H,1H3/t7-/m1/s1. The van der Waals surface area contributed by atoms with Crippen LogP contribution in [0.5, 0.6) is 0 Å². The van der Waals surface area contributed by atoms with Crippen LogP contribution in [-0.2, 0) is 5.60 Å². The minimum atomic E-state index is -4.71. The zero-order chi connectivity index (χ0) is 11.0. The van der Waals surface area contributed by atoms with Crippen molar-refractivity contribution >= 4 is 15.9 Å². The van der Waals surface area contributed by atoms with Crippen LogP contribution in [0.3, 0.4) is 0 Å². The summed E-state index contributed by atoms with van der Waals surface area (Å²) in [7, 11) is 0. The molecular weight excluding hydrogens is 263 g/mol. The minimum Gasteiger partial charge on any atom is -0.376 e. The summed E-state index contributed by atoms with van der Waals surface area (Å²) < 4.78 is 37.4. The SMILES string of the molecule is C[C@@](O)(c1ccc(Br)nc1)C(F)(F)F. The molecule has 2 nitrogen and oxygen atoms in total. The molecule has 0 unspecified atom stereocenters. The number of nitrogens with zero attached hydrogens (tertiary/aromatic N) is 1. The number of aliphatic hydroxyl groups is 1. The minimum absolute atomic E-state index is 0.284. The smallest absolute Gasteiger partial charge is 0.376 e. The lowest BCUT2D eigenvalue weighted by molar-refractivity contribution is -0.259. The van der Waals surface area contributed by atoms with Crippen molar-refractivity contribution in [3.05, 3.63) is 28.5 Å². The Hall–Kier alpha value is -0.620. The van der Waals surface area contributed by atoms with E-state index in [0.717, 1.165) is 6.20 Å². The highest BCUT2D eigenvalue weighted by Crippen LogP contribution is 2.38. The maximum absolute atomic E-state index is 12.3. The van der Waals surface area contributed by atoms with E-state index in [9.17, 15) is 18.3 Å². The van der Waals surface area contributed by atoms with Crippen LogP contribution in [0.25, 0.3) is 0 Å². The van der Waals surface area contributed by atoms with E-state index in [1.807, 2.05) is 0 Å². The van der Waals surface area contributed by atoms with Crippen molar-refractivity contribution in [2.45, 2.75) is 18.7 Å². The summed E-state index contributed by atoms with van der Waals surface area (Å²) in [5.41, 5.74) is -3.14. The third-order valence-corrected chi connectivity index (χ3v) is 2.31. The van der Waals surface area contributed by atoms with Gasteiger partial charge in [-0.25, -0.2) is 4.98 Å². The molecule has 0 aliphatic rings. The van der Waals surface area contributed by atoms with Crippen LogP contribution in [0.2, 0.25) is 0 Å². The zero-order valence-electron chi connectivity index (χ0n) is 7.14. The summed E-state index contributed by atoms with van der Waals surface area (Å²) >= 11 is 2.99. The van der Waals surface area contributed by atoms with Gasteiger partial charge in [-0.2, -0.15) is 13.2 Å². The highest BCUT2D eigenvalue weighted by molar-refractivity contribution is 9.10. The second-order valence-corrected chi connectivity index (χ2v) is 3.75. The van der Waals surface area contributed by atoms with Gasteiger partial charge in [0.2, 0.25) is 0 Å². The van der Waals surface area contributed by atoms with E-state index in [0.29, 0.717) is 11.5 Å². The lowest BCUT2D eigenvalue weighted by Gasteiger charge is -2.26. The first-order valence-corrected chi connectivity index (χ1v) is 4.45. The summed E-state index contributed by atoms with van der Waals surface area (Å²) in [6, 6.07) is 2.51. The maximum atomic E-state index is 12.3. The van der Waals surface area contributed by atoms with Gasteiger partial charge in [-0.1, -0.05) is 6.07 Å². The van der Waals surface area contributed by atoms with Gasteiger partial charge in [-0.3, -0.25) is 0 Å². The molecule has 0 amide bonds. The molecule has 0 saturated heterocycles. The van der Waals surface area contributed by atoms with Gasteiger partial charge in [0, 0.05) is 11.8 Å². The van der Waals surface area contributed by atoms with E-state index in [2.05, 4.69) is 20.9 Å². The van der Waals surface area contributed by atoms with E-state index in [-0.39, 0.29) is 5.56 Å². The van der Waals surface area contributed by atoms with Gasteiger partial charge in [0.15, 0.2) is 5.60 Å². The van der Waals surface area contributed by atoms with Gasteiger partial charge in [0.25, 0.3) is 0 Å². The quantitative estimate of drug-likeness (QED) is 0.796. The Kier molecular flexibility index (Phi) is 2.87. The Morgan fingerprint density at radius 2 is 1.93 bits per heavy atom. The van der Waals surface area contributed by atoms with Crippen LogP contribution < -0.4 is 0 Å². The van der Waals surface area contributed by atoms with Gasteiger partial charge in [0.05, 0.1) is 0 Å². The summed E-state index contributed by atoms with van der Waals surface area (Å²) in [5.74, 6) is 0. The first kappa shape index (κ1) is 11.5. The second-order valence-electron chi connectivity index (χ2n) is 2.94. The molecule has 0 radical (unpaired) electrons. The van der Waals surface area contributed by atoms with E-state index in [4.69, 9.17) is 0 Å².